The number of rotatable bonds is 3. The quantitative estimate of drug-likeness (QED) is 0.176. The monoisotopic (exact) mass is 833 g/mol. The van der Waals surface area contributed by atoms with Crippen molar-refractivity contribution in [2.24, 2.45) is 0 Å². The van der Waals surface area contributed by atoms with E-state index in [1.165, 1.54) is 76.6 Å². The topological polar surface area (TPSA) is 16.4 Å². The Morgan fingerprint density at radius 2 is 0.968 bits per heavy atom. The minimum absolute atomic E-state index is 0.0275. The Balaban J connectivity index is 1.18. The number of fused-ring (bicyclic) bond motifs is 15. The van der Waals surface area contributed by atoms with Crippen molar-refractivity contribution < 1.29 is 4.42 Å². The average Bonchev–Trinajstić information content (AvgIpc) is 3.87. The molecule has 0 N–H and O–H groups in total. The zero-order valence-electron chi connectivity index (χ0n) is 37.4. The van der Waals surface area contributed by atoms with E-state index in [0.29, 0.717) is 0 Å². The van der Waals surface area contributed by atoms with Crippen molar-refractivity contribution in [1.82, 2.24) is 0 Å². The van der Waals surface area contributed by atoms with Gasteiger partial charge >= 0.3 is 0 Å². The summed E-state index contributed by atoms with van der Waals surface area (Å²) in [4.78, 5) is 5.10. The van der Waals surface area contributed by atoms with Crippen LogP contribution in [0.4, 0.5) is 17.1 Å². The molecule has 3 heteroatoms. The van der Waals surface area contributed by atoms with E-state index in [2.05, 4.69) is 224 Å². The highest BCUT2D eigenvalue weighted by Gasteiger charge is 2.51. The Labute approximate surface area is 375 Å². The average molecular weight is 834 g/mol. The summed E-state index contributed by atoms with van der Waals surface area (Å²) in [5.41, 5.74) is 20.2. The molecule has 1 spiro atoms. The molecule has 12 rings (SSSR count). The van der Waals surface area contributed by atoms with Gasteiger partial charge in [0.05, 0.1) is 11.1 Å². The highest BCUT2D eigenvalue weighted by atomic mass is 32.2. The molecule has 2 aliphatic carbocycles. The molecule has 0 bridgehead atoms. The molecule has 0 atom stereocenters. The lowest BCUT2D eigenvalue weighted by Gasteiger charge is -2.41. The maximum absolute atomic E-state index is 6.88. The van der Waals surface area contributed by atoms with Crippen molar-refractivity contribution in [3.05, 3.63) is 208 Å². The van der Waals surface area contributed by atoms with Crippen LogP contribution >= 0.6 is 11.8 Å². The first-order chi connectivity index (χ1) is 30.2. The zero-order chi connectivity index (χ0) is 43.2. The highest BCUT2D eigenvalue weighted by molar-refractivity contribution is 7.99. The Morgan fingerprint density at radius 1 is 0.444 bits per heavy atom. The molecular formula is C60H51NOS. The molecule has 1 aromatic heterocycles. The van der Waals surface area contributed by atoms with Crippen LogP contribution in [0.5, 0.6) is 0 Å². The van der Waals surface area contributed by atoms with E-state index in [4.69, 9.17) is 4.42 Å². The number of hydrogen-bond acceptors (Lipinski definition) is 3. The van der Waals surface area contributed by atoms with Gasteiger partial charge in [-0.05, 0) is 126 Å². The third kappa shape index (κ3) is 5.39. The van der Waals surface area contributed by atoms with Crippen LogP contribution in [0.15, 0.2) is 178 Å². The molecule has 0 saturated carbocycles. The molecule has 9 aromatic rings. The molecule has 0 radical (unpaired) electrons. The molecule has 308 valence electrons. The first-order valence-corrected chi connectivity index (χ1v) is 23.2. The van der Waals surface area contributed by atoms with Crippen LogP contribution in [-0.4, -0.2) is 0 Å². The van der Waals surface area contributed by atoms with Crippen LogP contribution in [0.3, 0.4) is 0 Å². The van der Waals surface area contributed by atoms with Crippen molar-refractivity contribution in [2.45, 2.75) is 86.8 Å². The summed E-state index contributed by atoms with van der Waals surface area (Å²) in [6.07, 6.45) is 0. The fourth-order valence-electron chi connectivity index (χ4n) is 11.2. The maximum Gasteiger partial charge on any atom is 0.159 e. The zero-order valence-corrected chi connectivity index (χ0v) is 38.2. The number of anilines is 3. The molecule has 63 heavy (non-hydrogen) atoms. The lowest BCUT2D eigenvalue weighted by atomic mass is 9.65. The summed E-state index contributed by atoms with van der Waals surface area (Å²) >= 11 is 1.92. The molecule has 0 fully saturated rings. The molecule has 0 saturated heterocycles. The molecule has 8 aromatic carbocycles. The fraction of sp³-hybridized carbons (Fsp3) is 0.200. The maximum atomic E-state index is 6.88. The van der Waals surface area contributed by atoms with Gasteiger partial charge in [-0.1, -0.05) is 182 Å². The minimum Gasteiger partial charge on any atom is -0.454 e. The number of furan rings is 1. The number of benzene rings is 8. The van der Waals surface area contributed by atoms with Gasteiger partial charge < -0.3 is 9.32 Å². The van der Waals surface area contributed by atoms with Gasteiger partial charge in [0, 0.05) is 37.4 Å². The van der Waals surface area contributed by atoms with E-state index >= 15 is 0 Å². The van der Waals surface area contributed by atoms with E-state index in [-0.39, 0.29) is 16.2 Å². The van der Waals surface area contributed by atoms with Crippen LogP contribution in [0.2, 0.25) is 0 Å². The Kier molecular flexibility index (Phi) is 8.00. The summed E-state index contributed by atoms with van der Waals surface area (Å²) in [6, 6.07) is 62.2. The molecular weight excluding hydrogens is 783 g/mol. The fourth-order valence-corrected chi connectivity index (χ4v) is 12.3. The van der Waals surface area contributed by atoms with Gasteiger partial charge in [-0.3, -0.25) is 0 Å². The predicted octanol–water partition coefficient (Wildman–Crippen LogP) is 16.8. The van der Waals surface area contributed by atoms with Crippen molar-refractivity contribution in [3.63, 3.8) is 0 Å². The molecule has 0 unspecified atom stereocenters. The van der Waals surface area contributed by atoms with Crippen LogP contribution in [0.1, 0.15) is 99.9 Å². The van der Waals surface area contributed by atoms with Crippen LogP contribution in [0.25, 0.3) is 44.2 Å². The van der Waals surface area contributed by atoms with Gasteiger partial charge in [0.25, 0.3) is 0 Å². The Bertz CT molecular complexity index is 3320. The van der Waals surface area contributed by atoms with Crippen molar-refractivity contribution in [3.8, 4) is 22.3 Å². The van der Waals surface area contributed by atoms with E-state index < -0.39 is 5.41 Å². The molecule has 0 amide bonds. The second-order valence-electron chi connectivity index (χ2n) is 20.5. The SMILES string of the molecule is CC(C)(C)c1ccc2c(c1)C1(c3cc(C(C)(C)C)ccc3S2)c2ccccc2-c2ccc(N(c3ccc4c(c3)C(C)(C)c3ccccc3-4)c3cccc4c3oc3ccccc34)cc21. The van der Waals surface area contributed by atoms with Crippen molar-refractivity contribution in [1.29, 1.82) is 0 Å². The second-order valence-corrected chi connectivity index (χ2v) is 21.6. The van der Waals surface area contributed by atoms with E-state index in [1.807, 2.05) is 11.8 Å². The molecule has 3 aliphatic rings. The minimum atomic E-state index is -0.557. The van der Waals surface area contributed by atoms with Gasteiger partial charge in [-0.15, -0.1) is 0 Å². The van der Waals surface area contributed by atoms with E-state index in [0.717, 1.165) is 39.0 Å². The standard InChI is InChI=1S/C60H51NOS/c1-57(2,3)36-24-30-54-50(32-36)60(51-33-37(58(4,5)6)25-31-55(51)63-54)47-21-13-10-17-41(47)43-29-27-39(35-49(43)60)61(52-22-15-19-45-44-18-11-14-23-53(44)62-56(45)52)38-26-28-42-40-16-9-12-20-46(40)59(7,8)48(42)34-38/h9-35H,1-8H3. The van der Waals surface area contributed by atoms with Crippen molar-refractivity contribution in [2.75, 3.05) is 4.90 Å². The van der Waals surface area contributed by atoms with Crippen molar-refractivity contribution >= 4 is 50.8 Å². The summed E-state index contributed by atoms with van der Waals surface area (Å²) in [5, 5.41) is 2.24. The van der Waals surface area contributed by atoms with Gasteiger partial charge in [-0.25, -0.2) is 0 Å². The van der Waals surface area contributed by atoms with Gasteiger partial charge in [-0.2, -0.15) is 0 Å². The van der Waals surface area contributed by atoms with Crippen LogP contribution in [-0.2, 0) is 21.7 Å². The van der Waals surface area contributed by atoms with E-state index in [9.17, 15) is 0 Å². The summed E-state index contributed by atoms with van der Waals surface area (Å²) < 4.78 is 6.88. The Morgan fingerprint density at radius 3 is 1.62 bits per heavy atom. The predicted molar refractivity (Wildman–Crippen MR) is 265 cm³/mol. The lowest BCUT2D eigenvalue weighted by Crippen LogP contribution is -2.33. The molecule has 1 aliphatic heterocycles. The normalized spacial score (nSPS) is 15.2. The molecule has 2 heterocycles. The third-order valence-corrected chi connectivity index (χ3v) is 15.6. The number of hydrogen-bond donors (Lipinski definition) is 0. The number of para-hydroxylation sites is 2. The van der Waals surface area contributed by atoms with Gasteiger partial charge in [0.15, 0.2) is 5.58 Å². The van der Waals surface area contributed by atoms with Crippen LogP contribution in [0, 0.1) is 0 Å². The Hall–Kier alpha value is -6.29. The first kappa shape index (κ1) is 38.4. The van der Waals surface area contributed by atoms with Gasteiger partial charge in [0.1, 0.15) is 5.58 Å². The third-order valence-electron chi connectivity index (χ3n) is 14.5. The number of nitrogens with zero attached hydrogens (tertiary/aromatic N) is 1. The smallest absolute Gasteiger partial charge is 0.159 e. The second kappa shape index (κ2) is 13.1. The first-order valence-electron chi connectivity index (χ1n) is 22.4. The largest absolute Gasteiger partial charge is 0.454 e. The van der Waals surface area contributed by atoms with Crippen LogP contribution < -0.4 is 4.90 Å². The summed E-state index contributed by atoms with van der Waals surface area (Å²) in [7, 11) is 0. The highest BCUT2D eigenvalue weighted by Crippen LogP contribution is 2.64. The van der Waals surface area contributed by atoms with E-state index in [1.54, 1.807) is 0 Å². The lowest BCUT2D eigenvalue weighted by molar-refractivity contribution is 0.581. The summed E-state index contributed by atoms with van der Waals surface area (Å²) in [6.45, 7) is 18.8. The molecule has 2 nitrogen and oxygen atoms in total. The van der Waals surface area contributed by atoms with Gasteiger partial charge in [0.2, 0.25) is 0 Å². The summed E-state index contributed by atoms with van der Waals surface area (Å²) in [5.74, 6) is 0.